The van der Waals surface area contributed by atoms with E-state index in [9.17, 15) is 0 Å². The van der Waals surface area contributed by atoms with Gasteiger partial charge >= 0.3 is 0 Å². The molecule has 2 saturated heterocycles. The summed E-state index contributed by atoms with van der Waals surface area (Å²) < 4.78 is 5.49. The van der Waals surface area contributed by atoms with Crippen LogP contribution in [0.4, 0.5) is 5.82 Å². The molecule has 3 aromatic rings. The second-order valence-electron chi connectivity index (χ2n) is 7.83. The standard InChI is InChI=1S/C21H26N4OS2/c1-15-4-6-25(7-5-15)20-19-16(17-3-2-12-27-17)14-28-21(19)23-18(22-20)13-24-8-10-26-11-9-24/h2-3,12,14-15H,4-11,13H2,1H3. The van der Waals surface area contributed by atoms with Crippen molar-refractivity contribution in [3.63, 3.8) is 0 Å². The number of piperidine rings is 1. The van der Waals surface area contributed by atoms with Crippen LogP contribution < -0.4 is 4.90 Å². The van der Waals surface area contributed by atoms with E-state index in [4.69, 9.17) is 14.7 Å². The number of nitrogens with zero attached hydrogens (tertiary/aromatic N) is 4. The highest BCUT2D eigenvalue weighted by Crippen LogP contribution is 2.41. The maximum absolute atomic E-state index is 5.49. The maximum Gasteiger partial charge on any atom is 0.146 e. The van der Waals surface area contributed by atoms with Crippen LogP contribution in [-0.4, -0.2) is 54.3 Å². The average molecular weight is 415 g/mol. The molecule has 0 spiro atoms. The van der Waals surface area contributed by atoms with Gasteiger partial charge in [-0.15, -0.1) is 22.7 Å². The summed E-state index contributed by atoms with van der Waals surface area (Å²) in [6.07, 6.45) is 2.48. The zero-order valence-electron chi connectivity index (χ0n) is 16.3. The van der Waals surface area contributed by atoms with Crippen LogP contribution in [0, 0.1) is 5.92 Å². The third-order valence-electron chi connectivity index (χ3n) is 5.80. The predicted molar refractivity (Wildman–Crippen MR) is 117 cm³/mol. The monoisotopic (exact) mass is 414 g/mol. The van der Waals surface area contributed by atoms with Crippen LogP contribution in [0.5, 0.6) is 0 Å². The Bertz CT molecular complexity index is 925. The molecule has 0 saturated carbocycles. The van der Waals surface area contributed by atoms with Gasteiger partial charge < -0.3 is 9.64 Å². The number of aromatic nitrogens is 2. The smallest absolute Gasteiger partial charge is 0.146 e. The van der Waals surface area contributed by atoms with E-state index in [1.54, 1.807) is 22.7 Å². The van der Waals surface area contributed by atoms with Crippen molar-refractivity contribution in [1.29, 1.82) is 0 Å². The Morgan fingerprint density at radius 1 is 1.11 bits per heavy atom. The molecule has 0 aromatic carbocycles. The summed E-state index contributed by atoms with van der Waals surface area (Å²) in [5, 5.41) is 5.65. The molecule has 28 heavy (non-hydrogen) atoms. The van der Waals surface area contributed by atoms with Gasteiger partial charge in [-0.05, 0) is 30.2 Å². The van der Waals surface area contributed by atoms with Gasteiger partial charge in [-0.1, -0.05) is 13.0 Å². The summed E-state index contributed by atoms with van der Waals surface area (Å²) in [7, 11) is 0. The highest BCUT2D eigenvalue weighted by atomic mass is 32.1. The summed E-state index contributed by atoms with van der Waals surface area (Å²) >= 11 is 3.55. The lowest BCUT2D eigenvalue weighted by atomic mass is 9.99. The van der Waals surface area contributed by atoms with Crippen molar-refractivity contribution in [2.75, 3.05) is 44.3 Å². The van der Waals surface area contributed by atoms with Gasteiger partial charge in [0.15, 0.2) is 0 Å². The lowest BCUT2D eigenvalue weighted by Crippen LogP contribution is -2.37. The van der Waals surface area contributed by atoms with Crippen LogP contribution in [-0.2, 0) is 11.3 Å². The van der Waals surface area contributed by atoms with E-state index in [1.807, 2.05) is 0 Å². The summed E-state index contributed by atoms with van der Waals surface area (Å²) in [6, 6.07) is 4.33. The van der Waals surface area contributed by atoms with E-state index in [2.05, 4.69) is 39.6 Å². The van der Waals surface area contributed by atoms with E-state index in [1.165, 1.54) is 28.7 Å². The first-order valence-corrected chi connectivity index (χ1v) is 11.9. The van der Waals surface area contributed by atoms with Gasteiger partial charge in [0.05, 0.1) is 25.1 Å². The lowest BCUT2D eigenvalue weighted by Gasteiger charge is -2.32. The van der Waals surface area contributed by atoms with E-state index in [0.29, 0.717) is 0 Å². The highest BCUT2D eigenvalue weighted by Gasteiger charge is 2.24. The van der Waals surface area contributed by atoms with Crippen molar-refractivity contribution >= 4 is 38.7 Å². The molecule has 5 rings (SSSR count). The lowest BCUT2D eigenvalue weighted by molar-refractivity contribution is 0.0331. The summed E-state index contributed by atoms with van der Waals surface area (Å²) in [5.74, 6) is 2.90. The minimum atomic E-state index is 0.806. The molecule has 2 aliphatic heterocycles. The first-order valence-electron chi connectivity index (χ1n) is 10.1. The van der Waals surface area contributed by atoms with Gasteiger partial charge in [-0.3, -0.25) is 4.90 Å². The normalized spacial score (nSPS) is 19.5. The van der Waals surface area contributed by atoms with Crippen molar-refractivity contribution in [1.82, 2.24) is 14.9 Å². The molecule has 5 nitrogen and oxygen atoms in total. The van der Waals surface area contributed by atoms with Crippen molar-refractivity contribution in [3.05, 3.63) is 28.7 Å². The SMILES string of the molecule is CC1CCN(c2nc(CN3CCOCC3)nc3scc(-c4cccs4)c23)CC1. The molecular weight excluding hydrogens is 388 g/mol. The number of anilines is 1. The fraction of sp³-hybridized carbons (Fsp3) is 0.524. The van der Waals surface area contributed by atoms with E-state index >= 15 is 0 Å². The number of hydrogen-bond donors (Lipinski definition) is 0. The summed E-state index contributed by atoms with van der Waals surface area (Å²) in [6.45, 7) is 8.88. The molecule has 0 amide bonds. The van der Waals surface area contributed by atoms with Crippen molar-refractivity contribution < 1.29 is 4.74 Å². The Kier molecular flexibility index (Phi) is 5.32. The number of morpholine rings is 1. The van der Waals surface area contributed by atoms with Crippen LogP contribution >= 0.6 is 22.7 Å². The van der Waals surface area contributed by atoms with Gasteiger partial charge in [0.25, 0.3) is 0 Å². The van der Waals surface area contributed by atoms with E-state index in [-0.39, 0.29) is 0 Å². The van der Waals surface area contributed by atoms with Crippen LogP contribution in [0.1, 0.15) is 25.6 Å². The van der Waals surface area contributed by atoms with Gasteiger partial charge in [-0.25, -0.2) is 9.97 Å². The second kappa shape index (κ2) is 8.06. The average Bonchev–Trinajstić information content (AvgIpc) is 3.38. The molecule has 0 aliphatic carbocycles. The molecule has 148 valence electrons. The fourth-order valence-corrected chi connectivity index (χ4v) is 5.83. The zero-order valence-corrected chi connectivity index (χ0v) is 17.9. The van der Waals surface area contributed by atoms with E-state index in [0.717, 1.165) is 68.3 Å². The third-order valence-corrected chi connectivity index (χ3v) is 7.57. The van der Waals surface area contributed by atoms with Gasteiger partial charge in [0.1, 0.15) is 16.5 Å². The number of hydrogen-bond acceptors (Lipinski definition) is 7. The van der Waals surface area contributed by atoms with Crippen molar-refractivity contribution in [3.8, 4) is 10.4 Å². The molecule has 2 aliphatic rings. The van der Waals surface area contributed by atoms with E-state index < -0.39 is 0 Å². The molecule has 0 radical (unpaired) electrons. The Hall–Kier alpha value is -1.54. The first-order chi connectivity index (χ1) is 13.8. The second-order valence-corrected chi connectivity index (χ2v) is 9.63. The molecule has 0 atom stereocenters. The highest BCUT2D eigenvalue weighted by molar-refractivity contribution is 7.18. The molecule has 3 aromatic heterocycles. The molecule has 0 bridgehead atoms. The quantitative estimate of drug-likeness (QED) is 0.629. The van der Waals surface area contributed by atoms with Crippen molar-refractivity contribution in [2.45, 2.75) is 26.3 Å². The van der Waals surface area contributed by atoms with Crippen LogP contribution in [0.3, 0.4) is 0 Å². The topological polar surface area (TPSA) is 41.5 Å². The van der Waals surface area contributed by atoms with Crippen LogP contribution in [0.15, 0.2) is 22.9 Å². The maximum atomic E-state index is 5.49. The number of ether oxygens (including phenoxy) is 1. The predicted octanol–water partition coefficient (Wildman–Crippen LogP) is 4.49. The minimum absolute atomic E-state index is 0.806. The van der Waals surface area contributed by atoms with Crippen molar-refractivity contribution in [2.24, 2.45) is 5.92 Å². The fourth-order valence-electron chi connectivity index (χ4n) is 4.06. The largest absolute Gasteiger partial charge is 0.379 e. The minimum Gasteiger partial charge on any atom is -0.379 e. The summed E-state index contributed by atoms with van der Waals surface area (Å²) in [4.78, 5) is 17.4. The molecule has 0 N–H and O–H groups in total. The Labute approximate surface area is 174 Å². The Morgan fingerprint density at radius 3 is 2.68 bits per heavy atom. The van der Waals surface area contributed by atoms with Crippen LogP contribution in [0.25, 0.3) is 20.7 Å². The number of rotatable bonds is 4. The number of fused-ring (bicyclic) bond motifs is 1. The third kappa shape index (κ3) is 3.68. The number of thiophene rings is 2. The summed E-state index contributed by atoms with van der Waals surface area (Å²) in [5.41, 5.74) is 1.29. The molecule has 7 heteroatoms. The Balaban J connectivity index is 1.56. The Morgan fingerprint density at radius 2 is 1.93 bits per heavy atom. The molecule has 5 heterocycles. The first kappa shape index (κ1) is 18.5. The zero-order chi connectivity index (χ0) is 18.9. The molecule has 0 unspecified atom stereocenters. The van der Waals surface area contributed by atoms with Crippen LogP contribution in [0.2, 0.25) is 0 Å². The van der Waals surface area contributed by atoms with Gasteiger partial charge in [-0.2, -0.15) is 0 Å². The van der Waals surface area contributed by atoms with Gasteiger partial charge in [0, 0.05) is 42.0 Å². The molecular formula is C21H26N4OS2. The van der Waals surface area contributed by atoms with Gasteiger partial charge in [0.2, 0.25) is 0 Å². The molecule has 2 fully saturated rings.